The molecule has 24 heavy (non-hydrogen) atoms. The van der Waals surface area contributed by atoms with Crippen LogP contribution < -0.4 is 5.32 Å². The number of fused-ring (bicyclic) bond motifs is 1. The van der Waals surface area contributed by atoms with Crippen LogP contribution in [0.1, 0.15) is 22.8 Å². The predicted octanol–water partition coefficient (Wildman–Crippen LogP) is 2.97. The zero-order chi connectivity index (χ0) is 16.9. The van der Waals surface area contributed by atoms with Gasteiger partial charge >= 0.3 is 0 Å². The lowest BCUT2D eigenvalue weighted by Gasteiger charge is -2.07. The zero-order valence-corrected chi connectivity index (χ0v) is 14.1. The van der Waals surface area contributed by atoms with Crippen molar-refractivity contribution in [1.29, 1.82) is 0 Å². The first-order valence-corrected chi connectivity index (χ1v) is 8.73. The highest BCUT2D eigenvalue weighted by Gasteiger charge is 2.07. The Bertz CT molecular complexity index is 795. The van der Waals surface area contributed by atoms with Gasteiger partial charge in [-0.25, -0.2) is 4.98 Å². The number of para-hydroxylation sites is 2. The number of hydrogen-bond donors (Lipinski definition) is 3. The molecule has 1 aromatic heterocycles. The number of carbonyl (C=O) groups excluding carboxylic acids is 1. The number of carbonyl (C=O) groups is 1. The minimum Gasteiger partial charge on any atom is -0.392 e. The number of H-pyrrole nitrogens is 1. The SMILES string of the molecule is CC(O)CNC(=O)c1ccc(CSc2nc3ccccc3[nH]2)cc1. The Hall–Kier alpha value is -2.31. The molecular formula is C18H19N3O2S. The van der Waals surface area contributed by atoms with Crippen LogP contribution in [0.25, 0.3) is 11.0 Å². The number of amides is 1. The summed E-state index contributed by atoms with van der Waals surface area (Å²) in [6.07, 6.45) is -0.548. The van der Waals surface area contributed by atoms with Gasteiger partial charge in [-0.05, 0) is 36.8 Å². The van der Waals surface area contributed by atoms with Gasteiger partial charge in [-0.1, -0.05) is 36.0 Å². The lowest BCUT2D eigenvalue weighted by atomic mass is 10.1. The number of aliphatic hydroxyl groups is 1. The molecule has 1 amide bonds. The smallest absolute Gasteiger partial charge is 0.251 e. The molecule has 0 bridgehead atoms. The Morgan fingerprint density at radius 2 is 2.00 bits per heavy atom. The average molecular weight is 341 g/mol. The van der Waals surface area contributed by atoms with Gasteiger partial charge in [-0.15, -0.1) is 0 Å². The zero-order valence-electron chi connectivity index (χ0n) is 13.3. The quantitative estimate of drug-likeness (QED) is 0.602. The van der Waals surface area contributed by atoms with E-state index in [1.165, 1.54) is 0 Å². The van der Waals surface area contributed by atoms with Crippen molar-refractivity contribution in [2.75, 3.05) is 6.54 Å². The largest absolute Gasteiger partial charge is 0.392 e. The third-order valence-corrected chi connectivity index (χ3v) is 4.46. The summed E-state index contributed by atoms with van der Waals surface area (Å²) in [4.78, 5) is 19.7. The normalized spacial score (nSPS) is 12.2. The van der Waals surface area contributed by atoms with Gasteiger partial charge in [0, 0.05) is 17.9 Å². The summed E-state index contributed by atoms with van der Waals surface area (Å²) in [6.45, 7) is 1.89. The van der Waals surface area contributed by atoms with E-state index >= 15 is 0 Å². The number of rotatable bonds is 6. The monoisotopic (exact) mass is 341 g/mol. The lowest BCUT2D eigenvalue weighted by Crippen LogP contribution is -2.30. The van der Waals surface area contributed by atoms with E-state index in [0.717, 1.165) is 27.5 Å². The van der Waals surface area contributed by atoms with Crippen LogP contribution in [0.2, 0.25) is 0 Å². The number of nitrogens with one attached hydrogen (secondary N) is 2. The van der Waals surface area contributed by atoms with Crippen molar-refractivity contribution in [2.45, 2.75) is 23.9 Å². The lowest BCUT2D eigenvalue weighted by molar-refractivity contribution is 0.0924. The van der Waals surface area contributed by atoms with Gasteiger partial charge in [0.15, 0.2) is 5.16 Å². The Morgan fingerprint density at radius 3 is 2.71 bits per heavy atom. The second-order valence-corrected chi connectivity index (χ2v) is 6.57. The highest BCUT2D eigenvalue weighted by molar-refractivity contribution is 7.98. The number of imidazole rings is 1. The van der Waals surface area contributed by atoms with Crippen molar-refractivity contribution in [3.05, 3.63) is 59.7 Å². The Labute approximate surface area is 144 Å². The first-order valence-electron chi connectivity index (χ1n) is 7.74. The molecule has 0 radical (unpaired) electrons. The molecule has 0 aliphatic heterocycles. The summed E-state index contributed by atoms with van der Waals surface area (Å²) in [5.41, 5.74) is 3.70. The number of nitrogens with zero attached hydrogens (tertiary/aromatic N) is 1. The number of aromatic amines is 1. The number of aliphatic hydroxyl groups excluding tert-OH is 1. The van der Waals surface area contributed by atoms with Crippen LogP contribution in [0.15, 0.2) is 53.7 Å². The third kappa shape index (κ3) is 4.15. The molecule has 3 rings (SSSR count). The first kappa shape index (κ1) is 16.5. The summed E-state index contributed by atoms with van der Waals surface area (Å²) < 4.78 is 0. The molecule has 0 aliphatic carbocycles. The summed E-state index contributed by atoms with van der Waals surface area (Å²) in [6, 6.07) is 15.4. The van der Waals surface area contributed by atoms with E-state index in [1.54, 1.807) is 30.8 Å². The molecule has 0 fully saturated rings. The second kappa shape index (κ2) is 7.51. The summed E-state index contributed by atoms with van der Waals surface area (Å²) in [5, 5.41) is 12.8. The second-order valence-electron chi connectivity index (χ2n) is 5.60. The molecular weight excluding hydrogens is 322 g/mol. The average Bonchev–Trinajstić information content (AvgIpc) is 3.01. The Kier molecular flexibility index (Phi) is 5.17. The van der Waals surface area contributed by atoms with Gasteiger partial charge in [0.05, 0.1) is 17.1 Å². The molecule has 1 unspecified atom stereocenters. The molecule has 0 saturated heterocycles. The molecule has 0 saturated carbocycles. The van der Waals surface area contributed by atoms with Gasteiger partial charge in [0.2, 0.25) is 0 Å². The van der Waals surface area contributed by atoms with Gasteiger partial charge in [-0.3, -0.25) is 4.79 Å². The maximum atomic E-state index is 11.9. The molecule has 3 N–H and O–H groups in total. The van der Waals surface area contributed by atoms with Crippen LogP contribution in [0, 0.1) is 0 Å². The van der Waals surface area contributed by atoms with Crippen LogP contribution in [0.3, 0.4) is 0 Å². The van der Waals surface area contributed by atoms with Crippen LogP contribution >= 0.6 is 11.8 Å². The van der Waals surface area contributed by atoms with Crippen molar-refractivity contribution in [3.8, 4) is 0 Å². The molecule has 1 atom stereocenters. The molecule has 1 heterocycles. The summed E-state index contributed by atoms with van der Waals surface area (Å²) >= 11 is 1.63. The van der Waals surface area contributed by atoms with E-state index in [-0.39, 0.29) is 12.5 Å². The number of benzene rings is 2. The van der Waals surface area contributed by atoms with Crippen LogP contribution in [-0.4, -0.2) is 33.6 Å². The van der Waals surface area contributed by atoms with Crippen molar-refractivity contribution in [3.63, 3.8) is 0 Å². The minimum atomic E-state index is -0.548. The molecule has 2 aromatic carbocycles. The van der Waals surface area contributed by atoms with Crippen molar-refractivity contribution in [2.24, 2.45) is 0 Å². The van der Waals surface area contributed by atoms with Crippen molar-refractivity contribution >= 4 is 28.7 Å². The topological polar surface area (TPSA) is 78.0 Å². The maximum Gasteiger partial charge on any atom is 0.251 e. The molecule has 3 aromatic rings. The minimum absolute atomic E-state index is 0.174. The highest BCUT2D eigenvalue weighted by atomic mass is 32.2. The molecule has 5 nitrogen and oxygen atoms in total. The summed E-state index contributed by atoms with van der Waals surface area (Å²) in [7, 11) is 0. The Balaban J connectivity index is 1.58. The molecule has 0 aliphatic rings. The third-order valence-electron chi connectivity index (χ3n) is 3.52. The van der Waals surface area contributed by atoms with Crippen molar-refractivity contribution in [1.82, 2.24) is 15.3 Å². The standard InChI is InChI=1S/C18H19N3O2S/c1-12(22)10-19-17(23)14-8-6-13(7-9-14)11-24-18-20-15-4-2-3-5-16(15)21-18/h2-9,12,22H,10-11H2,1H3,(H,19,23)(H,20,21). The molecule has 0 spiro atoms. The van der Waals surface area contributed by atoms with Gasteiger partial charge in [-0.2, -0.15) is 0 Å². The van der Waals surface area contributed by atoms with Gasteiger partial charge < -0.3 is 15.4 Å². The van der Waals surface area contributed by atoms with Gasteiger partial charge in [0.1, 0.15) is 0 Å². The van der Waals surface area contributed by atoms with Crippen LogP contribution in [0.4, 0.5) is 0 Å². The maximum absolute atomic E-state index is 11.9. The van der Waals surface area contributed by atoms with Crippen LogP contribution in [-0.2, 0) is 5.75 Å². The van der Waals surface area contributed by atoms with Crippen LogP contribution in [0.5, 0.6) is 0 Å². The number of aromatic nitrogens is 2. The fourth-order valence-corrected chi connectivity index (χ4v) is 3.09. The summed E-state index contributed by atoms with van der Waals surface area (Å²) in [5.74, 6) is 0.599. The number of thioether (sulfide) groups is 1. The van der Waals surface area contributed by atoms with E-state index < -0.39 is 6.10 Å². The predicted molar refractivity (Wildman–Crippen MR) is 96.1 cm³/mol. The fraction of sp³-hybridized carbons (Fsp3) is 0.222. The molecule has 124 valence electrons. The number of hydrogen-bond acceptors (Lipinski definition) is 4. The first-order chi connectivity index (χ1) is 11.6. The van der Waals surface area contributed by atoms with E-state index in [9.17, 15) is 9.90 Å². The Morgan fingerprint density at radius 1 is 1.25 bits per heavy atom. The van der Waals surface area contributed by atoms with E-state index in [2.05, 4.69) is 15.3 Å². The van der Waals surface area contributed by atoms with E-state index in [4.69, 9.17) is 0 Å². The van der Waals surface area contributed by atoms with Gasteiger partial charge in [0.25, 0.3) is 5.91 Å². The highest BCUT2D eigenvalue weighted by Crippen LogP contribution is 2.23. The fourth-order valence-electron chi connectivity index (χ4n) is 2.24. The molecule has 6 heteroatoms. The van der Waals surface area contributed by atoms with E-state index in [1.807, 2.05) is 36.4 Å². The van der Waals surface area contributed by atoms with Crippen molar-refractivity contribution < 1.29 is 9.90 Å². The van der Waals surface area contributed by atoms with E-state index in [0.29, 0.717) is 5.56 Å².